The van der Waals surface area contributed by atoms with Gasteiger partial charge in [-0.05, 0) is 44.4 Å². The molecule has 6 nitrogen and oxygen atoms in total. The summed E-state index contributed by atoms with van der Waals surface area (Å²) in [6.45, 7) is 4.78. The van der Waals surface area contributed by atoms with Crippen LogP contribution in [0.2, 0.25) is 0 Å². The van der Waals surface area contributed by atoms with Crippen molar-refractivity contribution < 1.29 is 8.42 Å². The summed E-state index contributed by atoms with van der Waals surface area (Å²) < 4.78 is 29.8. The molecule has 1 fully saturated rings. The molecule has 3 rings (SSSR count). The van der Waals surface area contributed by atoms with Crippen molar-refractivity contribution in [3.63, 3.8) is 0 Å². The Balaban J connectivity index is 1.94. The second kappa shape index (κ2) is 6.38. The van der Waals surface area contributed by atoms with Crippen molar-refractivity contribution in [2.75, 3.05) is 6.54 Å². The van der Waals surface area contributed by atoms with E-state index in [2.05, 4.69) is 4.98 Å². The summed E-state index contributed by atoms with van der Waals surface area (Å²) in [6.07, 6.45) is 5.27. The summed E-state index contributed by atoms with van der Waals surface area (Å²) in [5.74, 6) is 0.877. The topological polar surface area (TPSA) is 79.0 Å². The van der Waals surface area contributed by atoms with Crippen molar-refractivity contribution in [3.05, 3.63) is 47.5 Å². The summed E-state index contributed by atoms with van der Waals surface area (Å²) >= 11 is 0. The molecule has 1 aliphatic rings. The summed E-state index contributed by atoms with van der Waals surface area (Å²) in [5.41, 5.74) is 1.03. The van der Waals surface area contributed by atoms with Gasteiger partial charge in [-0.25, -0.2) is 13.4 Å². The Bertz CT molecular complexity index is 896. The molecule has 7 heteroatoms. The van der Waals surface area contributed by atoms with Crippen LogP contribution in [0, 0.1) is 25.2 Å². The number of aryl methyl sites for hydroxylation is 2. The Kier molecular flexibility index (Phi) is 4.43. The molecule has 0 radical (unpaired) electrons. The van der Waals surface area contributed by atoms with Crippen molar-refractivity contribution >= 4 is 10.0 Å². The minimum absolute atomic E-state index is 0.0898. The van der Waals surface area contributed by atoms with E-state index in [1.807, 2.05) is 23.8 Å². The van der Waals surface area contributed by atoms with Crippen molar-refractivity contribution in [1.82, 2.24) is 13.9 Å². The standard InChI is InChI=1S/C17H20N4O2S/c1-13-5-6-15(11-18)10-17(13)24(22,23)21-8-3-4-16(21)12-20-9-7-19-14(20)2/h5-7,9-10,16H,3-4,8,12H2,1-2H3/t16-/m0/s1. The van der Waals surface area contributed by atoms with Crippen molar-refractivity contribution in [3.8, 4) is 6.07 Å². The summed E-state index contributed by atoms with van der Waals surface area (Å²) in [6, 6.07) is 6.74. The highest BCUT2D eigenvalue weighted by Crippen LogP contribution is 2.29. The molecule has 24 heavy (non-hydrogen) atoms. The van der Waals surface area contributed by atoms with E-state index in [0.29, 0.717) is 24.2 Å². The maximum atomic E-state index is 13.1. The second-order valence-corrected chi connectivity index (χ2v) is 7.99. The van der Waals surface area contributed by atoms with Gasteiger partial charge in [-0.3, -0.25) is 0 Å². The van der Waals surface area contributed by atoms with Gasteiger partial charge in [0.1, 0.15) is 5.82 Å². The van der Waals surface area contributed by atoms with Gasteiger partial charge in [-0.1, -0.05) is 6.07 Å². The molecule has 1 saturated heterocycles. The van der Waals surface area contributed by atoms with E-state index >= 15 is 0 Å². The SMILES string of the molecule is Cc1ccc(C#N)cc1S(=O)(=O)N1CCC[C@H]1Cn1ccnc1C. The maximum absolute atomic E-state index is 13.1. The Morgan fingerprint density at radius 1 is 1.38 bits per heavy atom. The summed E-state index contributed by atoms with van der Waals surface area (Å²) in [5, 5.41) is 9.07. The molecule has 0 unspecified atom stereocenters. The summed E-state index contributed by atoms with van der Waals surface area (Å²) in [7, 11) is -3.62. The van der Waals surface area contributed by atoms with Crippen LogP contribution in [0.3, 0.4) is 0 Å². The van der Waals surface area contributed by atoms with Gasteiger partial charge >= 0.3 is 0 Å². The Morgan fingerprint density at radius 3 is 2.83 bits per heavy atom. The zero-order valence-corrected chi connectivity index (χ0v) is 14.6. The third kappa shape index (κ3) is 2.95. The van der Waals surface area contributed by atoms with Gasteiger partial charge in [0, 0.05) is 31.5 Å². The molecule has 1 aromatic heterocycles. The van der Waals surface area contributed by atoms with E-state index in [-0.39, 0.29) is 10.9 Å². The van der Waals surface area contributed by atoms with Gasteiger partial charge in [0.2, 0.25) is 10.0 Å². The van der Waals surface area contributed by atoms with Crippen LogP contribution in [-0.2, 0) is 16.6 Å². The predicted octanol–water partition coefficient (Wildman–Crippen LogP) is 2.22. The third-order valence-corrected chi connectivity index (χ3v) is 6.65. The van der Waals surface area contributed by atoms with Gasteiger partial charge in [0.25, 0.3) is 0 Å². The first-order valence-electron chi connectivity index (χ1n) is 7.94. The molecule has 0 aliphatic carbocycles. The van der Waals surface area contributed by atoms with Crippen LogP contribution in [0.4, 0.5) is 0 Å². The zero-order valence-electron chi connectivity index (χ0n) is 13.8. The Morgan fingerprint density at radius 2 is 2.17 bits per heavy atom. The summed E-state index contributed by atoms with van der Waals surface area (Å²) in [4.78, 5) is 4.43. The number of sulfonamides is 1. The first-order chi connectivity index (χ1) is 11.4. The van der Waals surface area contributed by atoms with Crippen molar-refractivity contribution in [2.24, 2.45) is 0 Å². The second-order valence-electron chi connectivity index (χ2n) is 6.13. The first kappa shape index (κ1) is 16.7. The fourth-order valence-electron chi connectivity index (χ4n) is 3.21. The predicted molar refractivity (Wildman–Crippen MR) is 89.8 cm³/mol. The van der Waals surface area contributed by atoms with E-state index < -0.39 is 10.0 Å². The molecule has 0 saturated carbocycles. The zero-order chi connectivity index (χ0) is 17.3. The normalized spacial score (nSPS) is 18.6. The molecule has 1 atom stereocenters. The van der Waals surface area contributed by atoms with Gasteiger partial charge in [-0.2, -0.15) is 9.57 Å². The largest absolute Gasteiger partial charge is 0.334 e. The van der Waals surface area contributed by atoms with Crippen LogP contribution in [-0.4, -0.2) is 34.9 Å². The average Bonchev–Trinajstić information content (AvgIpc) is 3.18. The highest BCUT2D eigenvalue weighted by molar-refractivity contribution is 7.89. The molecule has 0 amide bonds. The van der Waals surface area contributed by atoms with E-state index in [4.69, 9.17) is 5.26 Å². The minimum atomic E-state index is -3.62. The lowest BCUT2D eigenvalue weighted by Gasteiger charge is -2.25. The van der Waals surface area contributed by atoms with Gasteiger partial charge < -0.3 is 4.57 Å². The molecule has 0 N–H and O–H groups in total. The highest BCUT2D eigenvalue weighted by atomic mass is 32.2. The molecule has 0 spiro atoms. The number of imidazole rings is 1. The number of hydrogen-bond donors (Lipinski definition) is 0. The lowest BCUT2D eigenvalue weighted by Crippen LogP contribution is -2.38. The Hall–Kier alpha value is -2.17. The molecular formula is C17H20N4O2S. The molecular weight excluding hydrogens is 324 g/mol. The number of benzene rings is 1. The minimum Gasteiger partial charge on any atom is -0.334 e. The van der Waals surface area contributed by atoms with Crippen molar-refractivity contribution in [1.29, 1.82) is 5.26 Å². The highest BCUT2D eigenvalue weighted by Gasteiger charge is 2.36. The van der Waals surface area contributed by atoms with Crippen molar-refractivity contribution in [2.45, 2.75) is 44.2 Å². The van der Waals surface area contributed by atoms with Gasteiger partial charge in [0.05, 0.1) is 16.5 Å². The Labute approximate surface area is 142 Å². The fourth-order valence-corrected chi connectivity index (χ4v) is 5.14. The number of nitriles is 1. The van der Waals surface area contributed by atoms with Crippen LogP contribution < -0.4 is 0 Å². The fraction of sp³-hybridized carbons (Fsp3) is 0.412. The van der Waals surface area contributed by atoms with Crippen LogP contribution in [0.25, 0.3) is 0 Å². The van der Waals surface area contributed by atoms with Crippen LogP contribution in [0.15, 0.2) is 35.5 Å². The molecule has 1 aliphatic heterocycles. The quantitative estimate of drug-likeness (QED) is 0.852. The van der Waals surface area contributed by atoms with Crippen LogP contribution in [0.1, 0.15) is 29.8 Å². The number of hydrogen-bond acceptors (Lipinski definition) is 4. The third-order valence-electron chi connectivity index (χ3n) is 4.56. The first-order valence-corrected chi connectivity index (χ1v) is 9.38. The monoisotopic (exact) mass is 344 g/mol. The number of nitrogens with zero attached hydrogens (tertiary/aromatic N) is 4. The maximum Gasteiger partial charge on any atom is 0.243 e. The lowest BCUT2D eigenvalue weighted by atomic mass is 10.2. The molecule has 0 bridgehead atoms. The van der Waals surface area contributed by atoms with Crippen LogP contribution >= 0.6 is 0 Å². The lowest BCUT2D eigenvalue weighted by molar-refractivity contribution is 0.350. The van der Waals surface area contributed by atoms with Gasteiger partial charge in [-0.15, -0.1) is 0 Å². The molecule has 126 valence electrons. The molecule has 2 heterocycles. The molecule has 1 aromatic carbocycles. The van der Waals surface area contributed by atoms with E-state index in [9.17, 15) is 8.42 Å². The molecule has 2 aromatic rings. The van der Waals surface area contributed by atoms with Gasteiger partial charge in [0.15, 0.2) is 0 Å². The van der Waals surface area contributed by atoms with E-state index in [0.717, 1.165) is 18.7 Å². The average molecular weight is 344 g/mol. The van der Waals surface area contributed by atoms with E-state index in [1.165, 1.54) is 6.07 Å². The van der Waals surface area contributed by atoms with E-state index in [1.54, 1.807) is 29.6 Å². The van der Waals surface area contributed by atoms with Crippen LogP contribution in [0.5, 0.6) is 0 Å². The number of rotatable bonds is 4. The smallest absolute Gasteiger partial charge is 0.243 e. The number of aromatic nitrogens is 2.